The summed E-state index contributed by atoms with van der Waals surface area (Å²) in [5.41, 5.74) is 0.483. The number of nitrogens with zero attached hydrogens (tertiary/aromatic N) is 5. The summed E-state index contributed by atoms with van der Waals surface area (Å²) in [5, 5.41) is 22.7. The third kappa shape index (κ3) is 3.43. The van der Waals surface area contributed by atoms with E-state index in [0.29, 0.717) is 25.1 Å². The topological polar surface area (TPSA) is 123 Å². The van der Waals surface area contributed by atoms with Crippen LogP contribution in [0.2, 0.25) is 0 Å². The normalized spacial score (nSPS) is 10.6. The molecule has 0 amide bonds. The van der Waals surface area contributed by atoms with E-state index in [2.05, 4.69) is 36.7 Å². The van der Waals surface area contributed by atoms with E-state index in [0.717, 1.165) is 4.57 Å². The summed E-state index contributed by atoms with van der Waals surface area (Å²) in [6.45, 7) is 0.457. The number of nitriles is 1. The van der Waals surface area contributed by atoms with Gasteiger partial charge in [0.2, 0.25) is 11.6 Å². The highest BCUT2D eigenvalue weighted by atomic mass is 79.9. The second-order valence-electron chi connectivity index (χ2n) is 4.86. The Kier molecular flexibility index (Phi) is 4.90. The fourth-order valence-electron chi connectivity index (χ4n) is 2.08. The van der Waals surface area contributed by atoms with Crippen LogP contribution in [0.1, 0.15) is 12.8 Å². The summed E-state index contributed by atoms with van der Waals surface area (Å²) in [6, 6.07) is 6.04. The summed E-state index contributed by atoms with van der Waals surface area (Å²) < 4.78 is 24.1. The zero-order valence-electron chi connectivity index (χ0n) is 12.6. The van der Waals surface area contributed by atoms with Gasteiger partial charge in [-0.1, -0.05) is 5.16 Å². The molecule has 3 aromatic rings. The standard InChI is InChI=1S/C14H10BrFN6O3/c15-9-7-8(3-4-10(9)16)22-13(21-24-14(22)23)11-12(20-25-19-11)18-6-2-1-5-17/h3-4,7H,1-2,6H2,(H,18,20). The minimum atomic E-state index is -0.771. The Morgan fingerprint density at radius 1 is 1.36 bits per heavy atom. The summed E-state index contributed by atoms with van der Waals surface area (Å²) >= 11 is 3.07. The van der Waals surface area contributed by atoms with E-state index < -0.39 is 11.6 Å². The number of rotatable bonds is 6. The third-order valence-electron chi connectivity index (χ3n) is 3.22. The molecule has 0 saturated carbocycles. The van der Waals surface area contributed by atoms with Crippen LogP contribution in [0.4, 0.5) is 10.2 Å². The molecular weight excluding hydrogens is 399 g/mol. The minimum Gasteiger partial charge on any atom is -0.365 e. The molecule has 0 bridgehead atoms. The van der Waals surface area contributed by atoms with Crippen LogP contribution >= 0.6 is 15.9 Å². The first-order valence-electron chi connectivity index (χ1n) is 7.09. The molecule has 0 saturated heterocycles. The van der Waals surface area contributed by atoms with Crippen LogP contribution in [0.15, 0.2) is 36.6 Å². The molecule has 1 N–H and O–H groups in total. The van der Waals surface area contributed by atoms with E-state index in [1.807, 2.05) is 6.07 Å². The van der Waals surface area contributed by atoms with Crippen molar-refractivity contribution in [1.82, 2.24) is 20.0 Å². The number of anilines is 1. The third-order valence-corrected chi connectivity index (χ3v) is 3.83. The molecule has 0 spiro atoms. The summed E-state index contributed by atoms with van der Waals surface area (Å²) in [7, 11) is 0. The largest absolute Gasteiger partial charge is 0.446 e. The van der Waals surface area contributed by atoms with Gasteiger partial charge in [0.25, 0.3) is 0 Å². The highest BCUT2D eigenvalue weighted by molar-refractivity contribution is 9.10. The number of benzene rings is 1. The van der Waals surface area contributed by atoms with E-state index in [4.69, 9.17) is 14.4 Å². The molecule has 2 aromatic heterocycles. The molecule has 128 valence electrons. The number of halogens is 2. The van der Waals surface area contributed by atoms with Gasteiger partial charge in [0.1, 0.15) is 5.82 Å². The molecule has 11 heteroatoms. The van der Waals surface area contributed by atoms with Crippen molar-refractivity contribution in [2.45, 2.75) is 12.8 Å². The zero-order chi connectivity index (χ0) is 17.8. The maximum Gasteiger partial charge on any atom is 0.446 e. The Morgan fingerprint density at radius 3 is 2.96 bits per heavy atom. The second-order valence-corrected chi connectivity index (χ2v) is 5.71. The van der Waals surface area contributed by atoms with Crippen LogP contribution in [0, 0.1) is 17.1 Å². The van der Waals surface area contributed by atoms with Crippen molar-refractivity contribution in [2.24, 2.45) is 0 Å². The first-order valence-corrected chi connectivity index (χ1v) is 7.89. The molecule has 0 aliphatic heterocycles. The fourth-order valence-corrected chi connectivity index (χ4v) is 2.44. The van der Waals surface area contributed by atoms with Crippen molar-refractivity contribution in [3.05, 3.63) is 39.0 Å². The van der Waals surface area contributed by atoms with E-state index in [1.165, 1.54) is 18.2 Å². The van der Waals surface area contributed by atoms with Gasteiger partial charge < -0.3 is 5.32 Å². The fraction of sp³-hybridized carbons (Fsp3) is 0.214. The van der Waals surface area contributed by atoms with Gasteiger partial charge in [-0.05, 0) is 50.9 Å². The van der Waals surface area contributed by atoms with Gasteiger partial charge >= 0.3 is 5.76 Å². The number of nitrogens with one attached hydrogen (secondary N) is 1. The molecule has 0 unspecified atom stereocenters. The van der Waals surface area contributed by atoms with Gasteiger partial charge in [-0.2, -0.15) is 5.26 Å². The quantitative estimate of drug-likeness (QED) is 0.616. The van der Waals surface area contributed by atoms with Gasteiger partial charge in [0.15, 0.2) is 5.69 Å². The molecular formula is C14H10BrFN6O3. The Balaban J connectivity index is 1.98. The van der Waals surface area contributed by atoms with Crippen LogP contribution in [0.25, 0.3) is 17.2 Å². The predicted octanol–water partition coefficient (Wildman–Crippen LogP) is 2.49. The smallest absolute Gasteiger partial charge is 0.365 e. The average molecular weight is 409 g/mol. The van der Waals surface area contributed by atoms with Crippen LogP contribution < -0.4 is 11.1 Å². The zero-order valence-corrected chi connectivity index (χ0v) is 14.2. The van der Waals surface area contributed by atoms with Gasteiger partial charge in [-0.15, -0.1) is 0 Å². The monoisotopic (exact) mass is 408 g/mol. The number of hydrogen-bond acceptors (Lipinski definition) is 8. The van der Waals surface area contributed by atoms with Crippen LogP contribution in [-0.2, 0) is 0 Å². The molecule has 9 nitrogen and oxygen atoms in total. The SMILES string of the molecule is N#CCCCNc1nonc1-c1noc(=O)n1-c1ccc(F)c(Br)c1. The molecule has 0 radical (unpaired) electrons. The minimum absolute atomic E-state index is 0.0486. The molecule has 0 aliphatic rings. The second kappa shape index (κ2) is 7.27. The lowest BCUT2D eigenvalue weighted by Gasteiger charge is -2.05. The van der Waals surface area contributed by atoms with Crippen molar-refractivity contribution >= 4 is 21.7 Å². The van der Waals surface area contributed by atoms with Crippen molar-refractivity contribution < 1.29 is 13.5 Å². The molecule has 0 fully saturated rings. The molecule has 2 heterocycles. The first kappa shape index (κ1) is 16.8. The predicted molar refractivity (Wildman–Crippen MR) is 86.4 cm³/mol. The van der Waals surface area contributed by atoms with Crippen LogP contribution in [0.5, 0.6) is 0 Å². The lowest BCUT2D eigenvalue weighted by atomic mass is 10.3. The van der Waals surface area contributed by atoms with E-state index in [9.17, 15) is 9.18 Å². The maximum absolute atomic E-state index is 13.4. The Hall–Kier alpha value is -3.00. The van der Waals surface area contributed by atoms with E-state index >= 15 is 0 Å². The highest BCUT2D eigenvalue weighted by Crippen LogP contribution is 2.26. The molecule has 0 atom stereocenters. The first-order chi connectivity index (χ1) is 12.1. The van der Waals surface area contributed by atoms with Gasteiger partial charge in [0.05, 0.1) is 16.2 Å². The van der Waals surface area contributed by atoms with Crippen molar-refractivity contribution in [3.63, 3.8) is 0 Å². The molecule has 1 aromatic carbocycles. The van der Waals surface area contributed by atoms with E-state index in [1.54, 1.807) is 0 Å². The average Bonchev–Trinajstić information content (AvgIpc) is 3.20. The van der Waals surface area contributed by atoms with Crippen molar-refractivity contribution in [1.29, 1.82) is 5.26 Å². The van der Waals surface area contributed by atoms with Gasteiger partial charge in [-0.25, -0.2) is 18.4 Å². The summed E-state index contributed by atoms with van der Waals surface area (Å²) in [5.74, 6) is -0.946. The lowest BCUT2D eigenvalue weighted by Crippen LogP contribution is -2.14. The molecule has 25 heavy (non-hydrogen) atoms. The lowest BCUT2D eigenvalue weighted by molar-refractivity contribution is 0.309. The Morgan fingerprint density at radius 2 is 2.20 bits per heavy atom. The number of aromatic nitrogens is 4. The maximum atomic E-state index is 13.4. The van der Waals surface area contributed by atoms with Gasteiger partial charge in [-0.3, -0.25) is 4.52 Å². The van der Waals surface area contributed by atoms with Gasteiger partial charge in [0, 0.05) is 13.0 Å². The number of hydrogen-bond donors (Lipinski definition) is 1. The highest BCUT2D eigenvalue weighted by Gasteiger charge is 2.22. The molecule has 0 aliphatic carbocycles. The van der Waals surface area contributed by atoms with Crippen molar-refractivity contribution in [3.8, 4) is 23.3 Å². The summed E-state index contributed by atoms with van der Waals surface area (Å²) in [4.78, 5) is 12.0. The van der Waals surface area contributed by atoms with E-state index in [-0.39, 0.29) is 21.8 Å². The Labute approximate surface area is 148 Å². The van der Waals surface area contributed by atoms with Crippen LogP contribution in [0.3, 0.4) is 0 Å². The van der Waals surface area contributed by atoms with Crippen molar-refractivity contribution in [2.75, 3.05) is 11.9 Å². The Bertz CT molecular complexity index is 989. The summed E-state index contributed by atoms with van der Waals surface area (Å²) in [6.07, 6.45) is 0.977. The number of unbranched alkanes of at least 4 members (excludes halogenated alkanes) is 1. The molecule has 3 rings (SSSR count). The van der Waals surface area contributed by atoms with Crippen LogP contribution in [-0.4, -0.2) is 26.6 Å².